The number of thiazole rings is 1. The Morgan fingerprint density at radius 2 is 2.24 bits per heavy atom. The molecule has 0 aliphatic carbocycles. The summed E-state index contributed by atoms with van der Waals surface area (Å²) in [6, 6.07) is 9.81. The predicted molar refractivity (Wildman–Crippen MR) is 127 cm³/mol. The third-order valence-corrected chi connectivity index (χ3v) is 6.59. The molecule has 4 heterocycles. The third-order valence-electron chi connectivity index (χ3n) is 5.70. The molecule has 170 valence electrons. The van der Waals surface area contributed by atoms with Crippen LogP contribution in [-0.2, 0) is 6.54 Å². The van der Waals surface area contributed by atoms with Crippen LogP contribution in [0, 0.1) is 0 Å². The van der Waals surface area contributed by atoms with Crippen LogP contribution in [0.25, 0.3) is 21.3 Å². The molecule has 1 aromatic carbocycles. The molecule has 0 saturated heterocycles. The van der Waals surface area contributed by atoms with E-state index in [9.17, 15) is 4.79 Å². The maximum absolute atomic E-state index is 11.9. The lowest BCUT2D eigenvalue weighted by atomic mass is 10.1. The van der Waals surface area contributed by atoms with Crippen molar-refractivity contribution < 1.29 is 9.15 Å². The molecule has 0 aliphatic heterocycles. The second-order valence-corrected chi connectivity index (χ2v) is 8.98. The molecule has 0 spiro atoms. The summed E-state index contributed by atoms with van der Waals surface area (Å²) in [5, 5.41) is 7.92. The number of aromatic nitrogens is 5. The zero-order valence-electron chi connectivity index (χ0n) is 18.4. The Labute approximate surface area is 193 Å². The highest BCUT2D eigenvalue weighted by Crippen LogP contribution is 2.33. The molecular formula is C23H24N6O3S. The SMILES string of the molecule is CCC(CCN(C)Cc1coc2cc(Oc3nc4ncccc4s3)ccc12)n1cn[nH]c1=O. The lowest BCUT2D eigenvalue weighted by Crippen LogP contribution is -2.26. The Bertz CT molecular complexity index is 1400. The van der Waals surface area contributed by atoms with E-state index in [-0.39, 0.29) is 11.7 Å². The van der Waals surface area contributed by atoms with Crippen LogP contribution in [0.4, 0.5) is 0 Å². The number of H-pyrrole nitrogens is 1. The summed E-state index contributed by atoms with van der Waals surface area (Å²) < 4.78 is 14.4. The highest BCUT2D eigenvalue weighted by atomic mass is 32.1. The molecule has 0 radical (unpaired) electrons. The van der Waals surface area contributed by atoms with E-state index in [0.717, 1.165) is 47.2 Å². The number of nitrogens with one attached hydrogen (secondary N) is 1. The number of hydrogen-bond donors (Lipinski definition) is 1. The number of ether oxygens (including phenoxy) is 1. The fourth-order valence-electron chi connectivity index (χ4n) is 3.94. The Morgan fingerprint density at radius 1 is 1.33 bits per heavy atom. The summed E-state index contributed by atoms with van der Waals surface area (Å²) in [4.78, 5) is 22.8. The van der Waals surface area contributed by atoms with Crippen LogP contribution < -0.4 is 10.4 Å². The van der Waals surface area contributed by atoms with Crippen LogP contribution in [-0.4, -0.2) is 43.2 Å². The summed E-state index contributed by atoms with van der Waals surface area (Å²) in [6.45, 7) is 3.67. The van der Waals surface area contributed by atoms with Crippen LogP contribution in [0.2, 0.25) is 0 Å². The number of pyridine rings is 1. The highest BCUT2D eigenvalue weighted by molar-refractivity contribution is 7.20. The zero-order chi connectivity index (χ0) is 22.8. The fourth-order valence-corrected chi connectivity index (χ4v) is 4.73. The molecule has 0 fully saturated rings. The zero-order valence-corrected chi connectivity index (χ0v) is 19.2. The van der Waals surface area contributed by atoms with Gasteiger partial charge in [-0.25, -0.2) is 14.9 Å². The normalized spacial score (nSPS) is 12.7. The van der Waals surface area contributed by atoms with Gasteiger partial charge in [0.2, 0.25) is 0 Å². The van der Waals surface area contributed by atoms with Gasteiger partial charge >= 0.3 is 5.69 Å². The average Bonchev–Trinajstić information content (AvgIpc) is 3.53. The number of aromatic amines is 1. The van der Waals surface area contributed by atoms with E-state index in [2.05, 4.69) is 39.0 Å². The Hall–Kier alpha value is -3.50. The second kappa shape index (κ2) is 9.16. The van der Waals surface area contributed by atoms with Gasteiger partial charge in [0.1, 0.15) is 17.7 Å². The van der Waals surface area contributed by atoms with Crippen molar-refractivity contribution in [2.45, 2.75) is 32.4 Å². The molecule has 0 amide bonds. The van der Waals surface area contributed by atoms with E-state index in [1.807, 2.05) is 30.3 Å². The maximum Gasteiger partial charge on any atom is 0.343 e. The van der Waals surface area contributed by atoms with Gasteiger partial charge in [-0.3, -0.25) is 4.57 Å². The van der Waals surface area contributed by atoms with E-state index < -0.39 is 0 Å². The molecule has 1 unspecified atom stereocenters. The van der Waals surface area contributed by atoms with Crippen molar-refractivity contribution >= 4 is 32.7 Å². The number of nitrogens with zero attached hydrogens (tertiary/aromatic N) is 5. The lowest BCUT2D eigenvalue weighted by Gasteiger charge is -2.20. The maximum atomic E-state index is 11.9. The van der Waals surface area contributed by atoms with Crippen LogP contribution in [0.1, 0.15) is 31.4 Å². The highest BCUT2D eigenvalue weighted by Gasteiger charge is 2.15. The smallest absolute Gasteiger partial charge is 0.343 e. The molecule has 9 nitrogen and oxygen atoms in total. The van der Waals surface area contributed by atoms with Gasteiger partial charge in [0.25, 0.3) is 5.19 Å². The van der Waals surface area contributed by atoms with Crippen molar-refractivity contribution in [3.63, 3.8) is 0 Å². The monoisotopic (exact) mass is 464 g/mol. The summed E-state index contributed by atoms with van der Waals surface area (Å²) in [5.74, 6) is 0.673. The van der Waals surface area contributed by atoms with Gasteiger partial charge in [-0.2, -0.15) is 10.1 Å². The van der Waals surface area contributed by atoms with Crippen LogP contribution in [0.15, 0.2) is 58.3 Å². The molecule has 1 N–H and O–H groups in total. The van der Waals surface area contributed by atoms with Gasteiger partial charge < -0.3 is 14.1 Å². The minimum atomic E-state index is -0.162. The van der Waals surface area contributed by atoms with E-state index in [1.54, 1.807) is 23.4 Å². The minimum absolute atomic E-state index is 0.122. The van der Waals surface area contributed by atoms with Crippen LogP contribution in [0.3, 0.4) is 0 Å². The molecule has 0 bridgehead atoms. The molecule has 33 heavy (non-hydrogen) atoms. The van der Waals surface area contributed by atoms with E-state index in [0.29, 0.717) is 16.6 Å². The largest absolute Gasteiger partial charge is 0.464 e. The van der Waals surface area contributed by atoms with Crippen molar-refractivity contribution in [3.05, 3.63) is 65.2 Å². The molecule has 0 saturated carbocycles. The molecule has 4 aromatic heterocycles. The molecule has 1 atom stereocenters. The number of furan rings is 1. The van der Waals surface area contributed by atoms with Crippen molar-refractivity contribution in [1.82, 2.24) is 29.6 Å². The molecule has 5 aromatic rings. The number of hydrogen-bond acceptors (Lipinski definition) is 8. The topological polar surface area (TPSA) is 102 Å². The molecular weight excluding hydrogens is 440 g/mol. The Morgan fingerprint density at radius 3 is 3.03 bits per heavy atom. The van der Waals surface area contributed by atoms with Crippen molar-refractivity contribution in [3.8, 4) is 10.9 Å². The van der Waals surface area contributed by atoms with Gasteiger partial charge in [0.05, 0.1) is 11.0 Å². The fraction of sp³-hybridized carbons (Fsp3) is 0.304. The van der Waals surface area contributed by atoms with Gasteiger partial charge in [0.15, 0.2) is 5.65 Å². The summed E-state index contributed by atoms with van der Waals surface area (Å²) in [7, 11) is 2.07. The van der Waals surface area contributed by atoms with Gasteiger partial charge in [0, 0.05) is 42.3 Å². The molecule has 10 heteroatoms. The first-order valence-corrected chi connectivity index (χ1v) is 11.6. The second-order valence-electron chi connectivity index (χ2n) is 7.98. The van der Waals surface area contributed by atoms with Crippen molar-refractivity contribution in [1.29, 1.82) is 0 Å². The van der Waals surface area contributed by atoms with E-state index in [4.69, 9.17) is 9.15 Å². The Balaban J connectivity index is 1.24. The van der Waals surface area contributed by atoms with E-state index >= 15 is 0 Å². The lowest BCUT2D eigenvalue weighted by molar-refractivity contribution is 0.287. The molecule has 0 aliphatic rings. The first-order valence-electron chi connectivity index (χ1n) is 10.8. The van der Waals surface area contributed by atoms with Crippen LogP contribution in [0.5, 0.6) is 10.9 Å². The number of fused-ring (bicyclic) bond motifs is 2. The number of rotatable bonds is 9. The van der Waals surface area contributed by atoms with E-state index in [1.165, 1.54) is 11.3 Å². The quantitative estimate of drug-likeness (QED) is 0.340. The van der Waals surface area contributed by atoms with Crippen molar-refractivity contribution in [2.24, 2.45) is 0 Å². The van der Waals surface area contributed by atoms with Crippen LogP contribution >= 0.6 is 11.3 Å². The van der Waals surface area contributed by atoms with Crippen molar-refractivity contribution in [2.75, 3.05) is 13.6 Å². The van der Waals surface area contributed by atoms with Gasteiger partial charge in [-0.05, 0) is 44.2 Å². The summed E-state index contributed by atoms with van der Waals surface area (Å²) >= 11 is 1.46. The third kappa shape index (κ3) is 4.53. The standard InChI is InChI=1S/C23H24N6O3S/c1-3-16(29-14-25-27-22(29)30)8-10-28(2)12-15-13-31-19-11-17(6-7-18(15)19)32-23-26-21-20(33-23)5-4-9-24-21/h4-7,9,11,13-14,16H,3,8,10,12H2,1-2H3,(H,27,30). The Kier molecular flexibility index (Phi) is 5.93. The first-order chi connectivity index (χ1) is 16.1. The minimum Gasteiger partial charge on any atom is -0.464 e. The number of benzene rings is 1. The van der Waals surface area contributed by atoms with Gasteiger partial charge in [-0.15, -0.1) is 0 Å². The van der Waals surface area contributed by atoms with Gasteiger partial charge in [-0.1, -0.05) is 18.3 Å². The predicted octanol–water partition coefficient (Wildman–Crippen LogP) is 4.59. The summed E-state index contributed by atoms with van der Waals surface area (Å²) in [5.41, 5.74) is 2.40. The summed E-state index contributed by atoms with van der Waals surface area (Å²) in [6.07, 6.45) is 6.82. The first kappa shape index (κ1) is 21.4. The average molecular weight is 465 g/mol. The molecule has 5 rings (SSSR count).